The lowest BCUT2D eigenvalue weighted by Gasteiger charge is -2.37. The molecular formula is C32H40N2O4S. The number of carbonyl (C=O) groups excluding carboxylic acids is 1. The van der Waals surface area contributed by atoms with E-state index in [1.807, 2.05) is 89.2 Å². The van der Waals surface area contributed by atoms with Crippen molar-refractivity contribution in [1.29, 1.82) is 0 Å². The summed E-state index contributed by atoms with van der Waals surface area (Å²) in [6.07, 6.45) is -0.531. The fourth-order valence-corrected chi connectivity index (χ4v) is 6.06. The molecule has 7 heteroatoms. The molecule has 6 nitrogen and oxygen atoms in total. The first-order valence-electron chi connectivity index (χ1n) is 13.3. The number of aliphatic carboxylic acids is 1. The molecule has 3 N–H and O–H groups in total. The largest absolute Gasteiger partial charge is 0.480 e. The van der Waals surface area contributed by atoms with Crippen LogP contribution >= 0.6 is 11.8 Å². The standard InChI is InChI=1S/C32H40N2O4S/c1-23(2)28(29(35)36)33-21-27(34-30(37)38-31(3,4)5)22-39-32(24-15-9-6-10-16-24,25-17-11-7-12-18-25)26-19-13-8-14-20-26/h6-20,23,27-28,33H,21-22H2,1-5H3,(H,34,37)(H,35,36)/t27?,28-/m0/s1. The molecule has 2 atom stereocenters. The molecule has 0 aliphatic carbocycles. The van der Waals surface area contributed by atoms with E-state index in [9.17, 15) is 14.7 Å². The summed E-state index contributed by atoms with van der Waals surface area (Å²) in [6, 6.07) is 29.8. The quantitative estimate of drug-likeness (QED) is 0.230. The number of carboxylic acids is 1. The lowest BCUT2D eigenvalue weighted by atomic mass is 9.84. The fraction of sp³-hybridized carbons (Fsp3) is 0.375. The fourth-order valence-electron chi connectivity index (χ4n) is 4.50. The van der Waals surface area contributed by atoms with Crippen molar-refractivity contribution in [2.75, 3.05) is 12.3 Å². The highest BCUT2D eigenvalue weighted by Crippen LogP contribution is 2.48. The molecule has 3 rings (SSSR count). The van der Waals surface area contributed by atoms with Crippen molar-refractivity contribution in [3.63, 3.8) is 0 Å². The van der Waals surface area contributed by atoms with Crippen molar-refractivity contribution in [3.05, 3.63) is 108 Å². The lowest BCUT2D eigenvalue weighted by Crippen LogP contribution is -2.51. The van der Waals surface area contributed by atoms with E-state index in [-0.39, 0.29) is 12.5 Å². The zero-order valence-corrected chi connectivity index (χ0v) is 24.2. The minimum atomic E-state index is -0.916. The van der Waals surface area contributed by atoms with E-state index in [1.54, 1.807) is 11.8 Å². The van der Waals surface area contributed by atoms with Gasteiger partial charge in [-0.1, -0.05) is 105 Å². The minimum Gasteiger partial charge on any atom is -0.480 e. The van der Waals surface area contributed by atoms with E-state index < -0.39 is 34.5 Å². The van der Waals surface area contributed by atoms with Gasteiger partial charge in [0.1, 0.15) is 11.6 Å². The van der Waals surface area contributed by atoms with Crippen LogP contribution in [0.4, 0.5) is 4.79 Å². The van der Waals surface area contributed by atoms with Gasteiger partial charge in [-0.15, -0.1) is 11.8 Å². The Labute approximate surface area is 236 Å². The van der Waals surface area contributed by atoms with Gasteiger partial charge in [0, 0.05) is 12.3 Å². The molecular weight excluding hydrogens is 508 g/mol. The molecule has 0 saturated carbocycles. The predicted octanol–water partition coefficient (Wildman–Crippen LogP) is 6.30. The van der Waals surface area contributed by atoms with Gasteiger partial charge in [0.2, 0.25) is 0 Å². The maximum Gasteiger partial charge on any atom is 0.407 e. The van der Waals surface area contributed by atoms with Crippen LogP contribution in [0.15, 0.2) is 91.0 Å². The van der Waals surface area contributed by atoms with Crippen LogP contribution in [0.3, 0.4) is 0 Å². The zero-order chi connectivity index (χ0) is 28.5. The monoisotopic (exact) mass is 548 g/mol. The van der Waals surface area contributed by atoms with Crippen LogP contribution in [0.25, 0.3) is 0 Å². The number of thioether (sulfide) groups is 1. The Kier molecular flexibility index (Phi) is 10.6. The Morgan fingerprint density at radius 3 is 1.62 bits per heavy atom. The summed E-state index contributed by atoms with van der Waals surface area (Å²) in [5, 5.41) is 15.9. The van der Waals surface area contributed by atoms with E-state index >= 15 is 0 Å². The topological polar surface area (TPSA) is 87.7 Å². The van der Waals surface area contributed by atoms with Crippen LogP contribution in [0, 0.1) is 5.92 Å². The van der Waals surface area contributed by atoms with Gasteiger partial charge in [-0.2, -0.15) is 0 Å². The number of hydrogen-bond donors (Lipinski definition) is 3. The number of alkyl carbamates (subject to hydrolysis) is 1. The third-order valence-corrected chi connectivity index (χ3v) is 7.99. The van der Waals surface area contributed by atoms with Gasteiger partial charge < -0.3 is 20.5 Å². The summed E-state index contributed by atoms with van der Waals surface area (Å²) in [4.78, 5) is 24.7. The second kappa shape index (κ2) is 13.7. The van der Waals surface area contributed by atoms with Crippen LogP contribution in [0.2, 0.25) is 0 Å². The molecule has 0 bridgehead atoms. The Morgan fingerprint density at radius 1 is 0.821 bits per heavy atom. The van der Waals surface area contributed by atoms with Crippen molar-refractivity contribution >= 4 is 23.8 Å². The number of amides is 1. The molecule has 0 fully saturated rings. The number of rotatable bonds is 12. The molecule has 0 aliphatic heterocycles. The van der Waals surface area contributed by atoms with Crippen molar-refractivity contribution in [2.45, 2.75) is 57.1 Å². The molecule has 3 aromatic carbocycles. The molecule has 208 valence electrons. The van der Waals surface area contributed by atoms with Gasteiger partial charge in [-0.25, -0.2) is 4.79 Å². The van der Waals surface area contributed by atoms with E-state index in [4.69, 9.17) is 4.74 Å². The molecule has 0 radical (unpaired) electrons. The van der Waals surface area contributed by atoms with E-state index in [1.165, 1.54) is 0 Å². The average molecular weight is 549 g/mol. The summed E-state index contributed by atoms with van der Waals surface area (Å²) >= 11 is 1.71. The summed E-state index contributed by atoms with van der Waals surface area (Å²) in [6.45, 7) is 9.46. The van der Waals surface area contributed by atoms with Crippen molar-refractivity contribution in [1.82, 2.24) is 10.6 Å². The molecule has 0 aromatic heterocycles. The second-order valence-electron chi connectivity index (χ2n) is 10.9. The highest BCUT2D eigenvalue weighted by atomic mass is 32.2. The van der Waals surface area contributed by atoms with Gasteiger partial charge in [0.15, 0.2) is 0 Å². The lowest BCUT2D eigenvalue weighted by molar-refractivity contribution is -0.140. The Hall–Kier alpha value is -3.29. The summed E-state index contributed by atoms with van der Waals surface area (Å²) in [5.41, 5.74) is 2.68. The predicted molar refractivity (Wildman–Crippen MR) is 159 cm³/mol. The van der Waals surface area contributed by atoms with Crippen LogP contribution in [0.5, 0.6) is 0 Å². The third kappa shape index (κ3) is 8.35. The Bertz CT molecular complexity index is 1080. The van der Waals surface area contributed by atoms with Crippen molar-refractivity contribution in [2.24, 2.45) is 5.92 Å². The first-order valence-corrected chi connectivity index (χ1v) is 14.3. The molecule has 0 aliphatic rings. The number of carboxylic acid groups (broad SMARTS) is 1. The highest BCUT2D eigenvalue weighted by molar-refractivity contribution is 8.00. The second-order valence-corrected chi connectivity index (χ2v) is 12.1. The first kappa shape index (κ1) is 30.3. The van der Waals surface area contributed by atoms with Gasteiger partial charge >= 0.3 is 12.1 Å². The molecule has 0 spiro atoms. The van der Waals surface area contributed by atoms with Crippen LogP contribution in [0.1, 0.15) is 51.3 Å². The number of ether oxygens (including phenoxy) is 1. The first-order chi connectivity index (χ1) is 18.5. The summed E-state index contributed by atoms with van der Waals surface area (Å²) in [5.74, 6) is -0.537. The number of nitrogens with one attached hydrogen (secondary N) is 2. The maximum absolute atomic E-state index is 12.8. The number of carbonyl (C=O) groups is 2. The number of benzene rings is 3. The third-order valence-electron chi connectivity index (χ3n) is 6.28. The Balaban J connectivity index is 2.01. The summed E-state index contributed by atoms with van der Waals surface area (Å²) < 4.78 is 4.98. The Morgan fingerprint density at radius 2 is 1.26 bits per heavy atom. The highest BCUT2D eigenvalue weighted by Gasteiger charge is 2.38. The van der Waals surface area contributed by atoms with Gasteiger partial charge in [-0.05, 0) is 43.4 Å². The molecule has 0 heterocycles. The van der Waals surface area contributed by atoms with Crippen molar-refractivity contribution in [3.8, 4) is 0 Å². The molecule has 0 saturated heterocycles. The molecule has 1 unspecified atom stereocenters. The maximum atomic E-state index is 12.8. The van der Waals surface area contributed by atoms with E-state index in [0.29, 0.717) is 5.75 Å². The van der Waals surface area contributed by atoms with Crippen LogP contribution < -0.4 is 10.6 Å². The SMILES string of the molecule is CC(C)[C@H](NCC(CSC(c1ccccc1)(c1ccccc1)c1ccccc1)NC(=O)OC(C)(C)C)C(=O)O. The minimum absolute atomic E-state index is 0.116. The smallest absolute Gasteiger partial charge is 0.407 e. The van der Waals surface area contributed by atoms with E-state index in [2.05, 4.69) is 47.0 Å². The normalized spacial score (nSPS) is 13.5. The van der Waals surface area contributed by atoms with Gasteiger partial charge in [0.05, 0.1) is 10.8 Å². The van der Waals surface area contributed by atoms with Gasteiger partial charge in [-0.3, -0.25) is 4.79 Å². The molecule has 1 amide bonds. The van der Waals surface area contributed by atoms with E-state index in [0.717, 1.165) is 16.7 Å². The van der Waals surface area contributed by atoms with Gasteiger partial charge in [0.25, 0.3) is 0 Å². The van der Waals surface area contributed by atoms with Crippen LogP contribution in [-0.2, 0) is 14.3 Å². The number of hydrogen-bond acceptors (Lipinski definition) is 5. The molecule has 3 aromatic rings. The zero-order valence-electron chi connectivity index (χ0n) is 23.4. The summed E-state index contributed by atoms with van der Waals surface area (Å²) in [7, 11) is 0. The molecule has 39 heavy (non-hydrogen) atoms. The van der Waals surface area contributed by atoms with Crippen LogP contribution in [-0.4, -0.2) is 47.2 Å². The average Bonchev–Trinajstić information content (AvgIpc) is 2.89. The van der Waals surface area contributed by atoms with Crippen molar-refractivity contribution < 1.29 is 19.4 Å².